The normalized spacial score (nSPS) is 17.3. The lowest BCUT2D eigenvalue weighted by Crippen LogP contribution is -2.07. The average molecular weight is 357 g/mol. The number of hydrogen-bond acceptors (Lipinski definition) is 1. The molecule has 0 bridgehead atoms. The van der Waals surface area contributed by atoms with Crippen LogP contribution in [0.15, 0.2) is 40.9 Å². The Balaban J connectivity index is 1.93. The van der Waals surface area contributed by atoms with Gasteiger partial charge in [0, 0.05) is 4.47 Å². The van der Waals surface area contributed by atoms with Crippen LogP contribution in [-0.2, 0) is 6.42 Å². The Morgan fingerprint density at radius 3 is 2.47 bits per heavy atom. The lowest BCUT2D eigenvalue weighted by molar-refractivity contribution is 0.762. The Kier molecular flexibility index (Phi) is 3.75. The third-order valence-corrected chi connectivity index (χ3v) is 4.87. The summed E-state index contributed by atoms with van der Waals surface area (Å²) in [5, 5.41) is 4.80. The molecule has 98 valence electrons. The Morgan fingerprint density at radius 2 is 1.74 bits per heavy atom. The SMILES string of the molecule is Clc1cccc(Cl)c1NC1CCc2c(Br)cccc21. The number of anilines is 1. The fraction of sp³-hybridized carbons (Fsp3) is 0.200. The second-order valence-corrected chi connectivity index (χ2v) is 6.31. The summed E-state index contributed by atoms with van der Waals surface area (Å²) in [7, 11) is 0. The number of hydrogen-bond donors (Lipinski definition) is 1. The second-order valence-electron chi connectivity index (χ2n) is 4.64. The van der Waals surface area contributed by atoms with Crippen LogP contribution in [0.1, 0.15) is 23.6 Å². The highest BCUT2D eigenvalue weighted by atomic mass is 79.9. The molecule has 0 amide bonds. The van der Waals surface area contributed by atoms with E-state index >= 15 is 0 Å². The van der Waals surface area contributed by atoms with E-state index < -0.39 is 0 Å². The Hall–Kier alpha value is -0.700. The Morgan fingerprint density at radius 1 is 1.05 bits per heavy atom. The molecule has 1 nitrogen and oxygen atoms in total. The summed E-state index contributed by atoms with van der Waals surface area (Å²) in [6.07, 6.45) is 2.12. The van der Waals surface area contributed by atoms with Crippen LogP contribution >= 0.6 is 39.1 Å². The minimum absolute atomic E-state index is 0.268. The van der Waals surface area contributed by atoms with Crippen LogP contribution in [0.5, 0.6) is 0 Å². The summed E-state index contributed by atoms with van der Waals surface area (Å²) in [4.78, 5) is 0. The quantitative estimate of drug-likeness (QED) is 0.711. The Bertz CT molecular complexity index is 607. The first-order valence-corrected chi connectivity index (χ1v) is 7.69. The third-order valence-electron chi connectivity index (χ3n) is 3.49. The highest BCUT2D eigenvalue weighted by Gasteiger charge is 2.24. The molecule has 0 saturated heterocycles. The monoisotopic (exact) mass is 355 g/mol. The first-order valence-electron chi connectivity index (χ1n) is 6.14. The maximum atomic E-state index is 6.21. The fourth-order valence-electron chi connectivity index (χ4n) is 2.57. The van der Waals surface area contributed by atoms with E-state index in [4.69, 9.17) is 23.2 Å². The van der Waals surface area contributed by atoms with Gasteiger partial charge >= 0.3 is 0 Å². The van der Waals surface area contributed by atoms with E-state index in [1.807, 2.05) is 18.2 Å². The predicted octanol–water partition coefficient (Wildman–Crippen LogP) is 5.86. The Labute approximate surface area is 131 Å². The molecule has 3 rings (SSSR count). The maximum absolute atomic E-state index is 6.21. The van der Waals surface area contributed by atoms with Crippen molar-refractivity contribution in [2.24, 2.45) is 0 Å². The zero-order chi connectivity index (χ0) is 13.4. The van der Waals surface area contributed by atoms with Gasteiger partial charge in [-0.25, -0.2) is 0 Å². The molecule has 2 aromatic rings. The van der Waals surface area contributed by atoms with E-state index in [0.717, 1.165) is 18.5 Å². The van der Waals surface area contributed by atoms with Crippen LogP contribution in [0, 0.1) is 0 Å². The van der Waals surface area contributed by atoms with E-state index in [1.165, 1.54) is 15.6 Å². The number of fused-ring (bicyclic) bond motifs is 1. The van der Waals surface area contributed by atoms with Crippen molar-refractivity contribution in [1.82, 2.24) is 0 Å². The first kappa shape index (κ1) is 13.3. The molecule has 1 N–H and O–H groups in total. The van der Waals surface area contributed by atoms with Crippen molar-refractivity contribution < 1.29 is 0 Å². The standard InChI is InChI=1S/C15H12BrCl2N/c16-11-4-1-3-10-9(11)7-8-14(10)19-15-12(17)5-2-6-13(15)18/h1-6,14,19H,7-8H2. The predicted molar refractivity (Wildman–Crippen MR) is 85.3 cm³/mol. The van der Waals surface area contributed by atoms with Crippen LogP contribution in [0.25, 0.3) is 0 Å². The molecule has 1 atom stereocenters. The van der Waals surface area contributed by atoms with Gasteiger partial charge in [0.15, 0.2) is 0 Å². The van der Waals surface area contributed by atoms with Crippen molar-refractivity contribution in [3.63, 3.8) is 0 Å². The topological polar surface area (TPSA) is 12.0 Å². The van der Waals surface area contributed by atoms with Crippen molar-refractivity contribution in [3.05, 3.63) is 62.0 Å². The number of nitrogens with one attached hydrogen (secondary N) is 1. The molecule has 19 heavy (non-hydrogen) atoms. The fourth-order valence-corrected chi connectivity index (χ4v) is 3.66. The molecule has 0 aromatic heterocycles. The van der Waals surface area contributed by atoms with Gasteiger partial charge in [-0.3, -0.25) is 0 Å². The maximum Gasteiger partial charge on any atom is 0.0723 e. The summed E-state index contributed by atoms with van der Waals surface area (Å²) >= 11 is 16.0. The third kappa shape index (κ3) is 2.49. The summed E-state index contributed by atoms with van der Waals surface area (Å²) in [5.74, 6) is 0. The number of halogens is 3. The largest absolute Gasteiger partial charge is 0.376 e. The number of rotatable bonds is 2. The van der Waals surface area contributed by atoms with Crippen LogP contribution < -0.4 is 5.32 Å². The van der Waals surface area contributed by atoms with Crippen molar-refractivity contribution in [2.45, 2.75) is 18.9 Å². The zero-order valence-electron chi connectivity index (χ0n) is 10.1. The van der Waals surface area contributed by atoms with Gasteiger partial charge in [-0.05, 0) is 42.2 Å². The molecule has 1 unspecified atom stereocenters. The highest BCUT2D eigenvalue weighted by molar-refractivity contribution is 9.10. The smallest absolute Gasteiger partial charge is 0.0723 e. The van der Waals surface area contributed by atoms with Gasteiger partial charge in [0.2, 0.25) is 0 Å². The molecule has 2 aromatic carbocycles. The minimum Gasteiger partial charge on any atom is -0.376 e. The van der Waals surface area contributed by atoms with E-state index in [2.05, 4.69) is 39.4 Å². The van der Waals surface area contributed by atoms with E-state index in [1.54, 1.807) is 0 Å². The molecule has 0 aliphatic heterocycles. The molecule has 0 fully saturated rings. The van der Waals surface area contributed by atoms with E-state index in [9.17, 15) is 0 Å². The van der Waals surface area contributed by atoms with Crippen molar-refractivity contribution >= 4 is 44.8 Å². The van der Waals surface area contributed by atoms with Crippen LogP contribution in [0.2, 0.25) is 10.0 Å². The van der Waals surface area contributed by atoms with Gasteiger partial charge in [0.25, 0.3) is 0 Å². The second kappa shape index (κ2) is 5.35. The molecular weight excluding hydrogens is 345 g/mol. The zero-order valence-corrected chi connectivity index (χ0v) is 13.2. The van der Waals surface area contributed by atoms with Gasteiger partial charge in [-0.2, -0.15) is 0 Å². The van der Waals surface area contributed by atoms with Gasteiger partial charge in [0.1, 0.15) is 0 Å². The van der Waals surface area contributed by atoms with Crippen molar-refractivity contribution in [2.75, 3.05) is 5.32 Å². The highest BCUT2D eigenvalue weighted by Crippen LogP contribution is 2.40. The summed E-state index contributed by atoms with van der Waals surface area (Å²) in [6, 6.07) is 12.1. The molecule has 1 aliphatic rings. The van der Waals surface area contributed by atoms with Crippen molar-refractivity contribution in [3.8, 4) is 0 Å². The van der Waals surface area contributed by atoms with Gasteiger partial charge in [-0.1, -0.05) is 57.3 Å². The van der Waals surface area contributed by atoms with Gasteiger partial charge < -0.3 is 5.32 Å². The molecular formula is C15H12BrCl2N. The summed E-state index contributed by atoms with van der Waals surface area (Å²) < 4.78 is 1.18. The molecule has 1 aliphatic carbocycles. The number of benzene rings is 2. The molecule has 4 heteroatoms. The van der Waals surface area contributed by atoms with Crippen LogP contribution in [0.3, 0.4) is 0 Å². The van der Waals surface area contributed by atoms with Crippen LogP contribution in [0.4, 0.5) is 5.69 Å². The summed E-state index contributed by atoms with van der Waals surface area (Å²) in [5.41, 5.74) is 3.53. The summed E-state index contributed by atoms with van der Waals surface area (Å²) in [6.45, 7) is 0. The lowest BCUT2D eigenvalue weighted by Gasteiger charge is -2.18. The lowest BCUT2D eigenvalue weighted by atomic mass is 10.1. The van der Waals surface area contributed by atoms with Gasteiger partial charge in [-0.15, -0.1) is 0 Å². The molecule has 0 saturated carbocycles. The van der Waals surface area contributed by atoms with Crippen molar-refractivity contribution in [1.29, 1.82) is 0 Å². The van der Waals surface area contributed by atoms with Gasteiger partial charge in [0.05, 0.1) is 21.8 Å². The van der Waals surface area contributed by atoms with Crippen LogP contribution in [-0.4, -0.2) is 0 Å². The molecule has 0 spiro atoms. The average Bonchev–Trinajstić information content (AvgIpc) is 2.79. The van der Waals surface area contributed by atoms with E-state index in [-0.39, 0.29) is 6.04 Å². The minimum atomic E-state index is 0.268. The van der Waals surface area contributed by atoms with E-state index in [0.29, 0.717) is 10.0 Å². The first-order chi connectivity index (χ1) is 9.16. The number of para-hydroxylation sites is 1. The molecule has 0 radical (unpaired) electrons. The molecule has 0 heterocycles.